The van der Waals surface area contributed by atoms with Crippen molar-refractivity contribution in [2.45, 2.75) is 41.2 Å². The van der Waals surface area contributed by atoms with Gasteiger partial charge >= 0.3 is 0 Å². The topological polar surface area (TPSA) is 81.1 Å². The lowest BCUT2D eigenvalue weighted by molar-refractivity contribution is -0.116. The first-order valence-corrected chi connectivity index (χ1v) is 10.7. The predicted octanol–water partition coefficient (Wildman–Crippen LogP) is 4.61. The Bertz CT molecular complexity index is 1120. The van der Waals surface area contributed by atoms with E-state index in [0.29, 0.717) is 11.1 Å². The van der Waals surface area contributed by atoms with Crippen molar-refractivity contribution in [3.8, 4) is 11.3 Å². The van der Waals surface area contributed by atoms with Crippen LogP contribution in [0.5, 0.6) is 0 Å². The van der Waals surface area contributed by atoms with Crippen molar-refractivity contribution in [2.75, 3.05) is 6.54 Å². The molecule has 0 radical (unpaired) electrons. The van der Waals surface area contributed by atoms with Gasteiger partial charge in [0.1, 0.15) is 17.4 Å². The molecule has 6 nitrogen and oxygen atoms in total. The van der Waals surface area contributed by atoms with Gasteiger partial charge in [-0.05, 0) is 42.8 Å². The lowest BCUT2D eigenvalue weighted by atomic mass is 10.1. The van der Waals surface area contributed by atoms with Gasteiger partial charge in [0.2, 0.25) is 0 Å². The van der Waals surface area contributed by atoms with Crippen molar-refractivity contribution in [1.82, 2.24) is 15.1 Å². The minimum atomic E-state index is -0.746. The Kier molecular flexibility index (Phi) is 11.3. The number of Topliss-reactive ketones (excluding diaryl/α,β-unsaturated/α-hetero) is 1. The highest BCUT2D eigenvalue weighted by Crippen LogP contribution is 2.18. The van der Waals surface area contributed by atoms with Crippen molar-refractivity contribution >= 4 is 11.7 Å². The summed E-state index contributed by atoms with van der Waals surface area (Å²) < 4.78 is 28.1. The fraction of sp³-hybridized carbons (Fsp3) is 0.280. The van der Waals surface area contributed by atoms with Crippen LogP contribution in [0.1, 0.15) is 50.5 Å². The molecule has 0 unspecified atom stereocenters. The van der Waals surface area contributed by atoms with Crippen LogP contribution in [0.2, 0.25) is 0 Å². The van der Waals surface area contributed by atoms with E-state index < -0.39 is 23.1 Å². The summed E-state index contributed by atoms with van der Waals surface area (Å²) in [5.74, 6) is -2.07. The smallest absolute Gasteiger partial charge is 0.267 e. The fourth-order valence-electron chi connectivity index (χ4n) is 2.71. The molecule has 0 aliphatic heterocycles. The van der Waals surface area contributed by atoms with Gasteiger partial charge in [-0.15, -0.1) is 0 Å². The second-order valence-electron chi connectivity index (χ2n) is 6.46. The molecule has 0 atom stereocenters. The highest BCUT2D eigenvalue weighted by Gasteiger charge is 2.10. The Labute approximate surface area is 192 Å². The Hall–Kier alpha value is -3.68. The van der Waals surface area contributed by atoms with Gasteiger partial charge in [-0.2, -0.15) is 5.10 Å². The van der Waals surface area contributed by atoms with Crippen LogP contribution in [-0.2, 0) is 11.3 Å². The maximum Gasteiger partial charge on any atom is 0.267 e. The molecule has 3 aromatic rings. The van der Waals surface area contributed by atoms with Gasteiger partial charge in [0.25, 0.3) is 11.5 Å². The molecule has 0 spiro atoms. The molecule has 2 aromatic carbocycles. The molecule has 3 rings (SSSR count). The van der Waals surface area contributed by atoms with Gasteiger partial charge < -0.3 is 5.32 Å². The van der Waals surface area contributed by atoms with Crippen molar-refractivity contribution in [3.63, 3.8) is 0 Å². The van der Waals surface area contributed by atoms with Crippen LogP contribution in [0.25, 0.3) is 11.3 Å². The summed E-state index contributed by atoms with van der Waals surface area (Å²) in [7, 11) is 0. The molecule has 176 valence electrons. The first-order valence-electron chi connectivity index (χ1n) is 10.7. The van der Waals surface area contributed by atoms with Crippen LogP contribution < -0.4 is 10.9 Å². The lowest BCUT2D eigenvalue weighted by Crippen LogP contribution is -2.28. The lowest BCUT2D eigenvalue weighted by Gasteiger charge is -2.09. The second kappa shape index (κ2) is 13.7. The van der Waals surface area contributed by atoms with Gasteiger partial charge in [0.15, 0.2) is 0 Å². The zero-order valence-electron chi connectivity index (χ0n) is 19.5. The van der Waals surface area contributed by atoms with Crippen LogP contribution >= 0.6 is 0 Å². The van der Waals surface area contributed by atoms with E-state index in [1.165, 1.54) is 19.1 Å². The predicted molar refractivity (Wildman–Crippen MR) is 125 cm³/mol. The van der Waals surface area contributed by atoms with E-state index in [2.05, 4.69) is 10.4 Å². The van der Waals surface area contributed by atoms with Crippen molar-refractivity contribution < 1.29 is 18.4 Å². The molecule has 1 aromatic heterocycles. The molecule has 0 saturated carbocycles. The van der Waals surface area contributed by atoms with Crippen LogP contribution in [-0.4, -0.2) is 28.0 Å². The Morgan fingerprint density at radius 3 is 2.18 bits per heavy atom. The molecule has 1 heterocycles. The minimum absolute atomic E-state index is 0.0539. The number of benzene rings is 2. The normalized spacial score (nSPS) is 9.67. The van der Waals surface area contributed by atoms with E-state index in [0.717, 1.165) is 22.9 Å². The molecule has 0 saturated heterocycles. The van der Waals surface area contributed by atoms with E-state index >= 15 is 0 Å². The van der Waals surface area contributed by atoms with Gasteiger partial charge in [0.05, 0.1) is 18.8 Å². The first kappa shape index (κ1) is 27.4. The molecule has 0 fully saturated rings. The number of nitrogens with zero attached hydrogens (tertiary/aromatic N) is 2. The third-order valence-electron chi connectivity index (χ3n) is 4.04. The van der Waals surface area contributed by atoms with Crippen LogP contribution in [0.4, 0.5) is 8.78 Å². The third-order valence-corrected chi connectivity index (χ3v) is 4.04. The standard InChI is InChI=1S/C21H17F2N3O3.2C2H6/c1-13(27)11-24-21(29)15-4-2-3-14(7-15)12-26-20(28)6-5-19(25-26)16-8-17(22)10-18(23)9-16;2*1-2/h2-10H,11-12H2,1H3,(H,24,29);2*1-2H3. The molecule has 1 N–H and O–H groups in total. The van der Waals surface area contributed by atoms with Gasteiger partial charge in [-0.25, -0.2) is 13.5 Å². The second-order valence-corrected chi connectivity index (χ2v) is 6.46. The molecule has 33 heavy (non-hydrogen) atoms. The SMILES string of the molecule is CC.CC.CC(=O)CNC(=O)c1cccc(Cn2nc(-c3cc(F)cc(F)c3)ccc2=O)c1. The van der Waals surface area contributed by atoms with Crippen molar-refractivity contribution in [3.05, 3.63) is 87.7 Å². The van der Waals surface area contributed by atoms with E-state index in [1.807, 2.05) is 27.7 Å². The molecular formula is C25H29F2N3O3. The number of amides is 1. The average Bonchev–Trinajstić information content (AvgIpc) is 2.81. The number of ketones is 1. The average molecular weight is 458 g/mol. The Morgan fingerprint density at radius 1 is 0.939 bits per heavy atom. The van der Waals surface area contributed by atoms with Crippen LogP contribution in [0.3, 0.4) is 0 Å². The quantitative estimate of drug-likeness (QED) is 0.586. The zero-order valence-corrected chi connectivity index (χ0v) is 19.5. The van der Waals surface area contributed by atoms with Crippen molar-refractivity contribution in [1.29, 1.82) is 0 Å². The summed E-state index contributed by atoms with van der Waals surface area (Å²) >= 11 is 0. The van der Waals surface area contributed by atoms with Gasteiger partial charge in [-0.1, -0.05) is 39.8 Å². The molecule has 0 aliphatic carbocycles. The molecule has 8 heteroatoms. The number of hydrogen-bond donors (Lipinski definition) is 1. The van der Waals surface area contributed by atoms with Crippen molar-refractivity contribution in [2.24, 2.45) is 0 Å². The summed E-state index contributed by atoms with van der Waals surface area (Å²) in [5, 5.41) is 6.68. The van der Waals surface area contributed by atoms with Gasteiger partial charge in [-0.3, -0.25) is 14.4 Å². The van der Waals surface area contributed by atoms with E-state index in [1.54, 1.807) is 24.3 Å². The number of carbonyl (C=O) groups excluding carboxylic acids is 2. The molecule has 0 aliphatic rings. The monoisotopic (exact) mass is 457 g/mol. The van der Waals surface area contributed by atoms with E-state index in [4.69, 9.17) is 0 Å². The zero-order chi connectivity index (χ0) is 25.0. The number of aromatic nitrogens is 2. The van der Waals surface area contributed by atoms with Crippen LogP contribution in [0.15, 0.2) is 59.4 Å². The molecule has 1 amide bonds. The summed E-state index contributed by atoms with van der Waals surface area (Å²) in [6.45, 7) is 9.35. The maximum atomic E-state index is 13.5. The maximum absolute atomic E-state index is 13.5. The van der Waals surface area contributed by atoms with Gasteiger partial charge in [0, 0.05) is 23.3 Å². The minimum Gasteiger partial charge on any atom is -0.345 e. The number of carbonyl (C=O) groups is 2. The largest absolute Gasteiger partial charge is 0.345 e. The molecule has 0 bridgehead atoms. The first-order chi connectivity index (χ1) is 15.8. The number of nitrogens with one attached hydrogen (secondary N) is 1. The summed E-state index contributed by atoms with van der Waals surface area (Å²) in [4.78, 5) is 35.3. The Morgan fingerprint density at radius 2 is 1.58 bits per heavy atom. The number of rotatable bonds is 6. The Balaban J connectivity index is 0.00000129. The van der Waals surface area contributed by atoms with E-state index in [-0.39, 0.29) is 30.1 Å². The summed E-state index contributed by atoms with van der Waals surface area (Å²) in [5.41, 5.74) is 0.988. The fourth-order valence-corrected chi connectivity index (χ4v) is 2.71. The highest BCUT2D eigenvalue weighted by atomic mass is 19.1. The highest BCUT2D eigenvalue weighted by molar-refractivity contribution is 5.96. The van der Waals surface area contributed by atoms with E-state index in [9.17, 15) is 23.2 Å². The summed E-state index contributed by atoms with van der Waals surface area (Å²) in [6, 6.07) is 12.2. The number of halogens is 2. The third kappa shape index (κ3) is 8.40. The van der Waals surface area contributed by atoms with Crippen LogP contribution in [0, 0.1) is 11.6 Å². The summed E-state index contributed by atoms with van der Waals surface area (Å²) in [6.07, 6.45) is 0. The molecular weight excluding hydrogens is 428 g/mol. The number of hydrogen-bond acceptors (Lipinski definition) is 4.